The summed E-state index contributed by atoms with van der Waals surface area (Å²) in [5.41, 5.74) is 6.72. The molecule has 2 saturated heterocycles. The van der Waals surface area contributed by atoms with E-state index in [1.807, 2.05) is 0 Å². The highest BCUT2D eigenvalue weighted by Crippen LogP contribution is 2.44. The van der Waals surface area contributed by atoms with Crippen molar-refractivity contribution < 1.29 is 52.6 Å². The van der Waals surface area contributed by atoms with Crippen LogP contribution in [0.25, 0.3) is 5.70 Å². The number of phenolic OH excluding ortho intramolecular Hbond substituents is 2. The lowest BCUT2D eigenvalue weighted by molar-refractivity contribution is -0.911. The van der Waals surface area contributed by atoms with Gasteiger partial charge in [0.05, 0.1) is 31.9 Å². The number of H-pyrrole nitrogens is 1. The summed E-state index contributed by atoms with van der Waals surface area (Å²) in [6.45, 7) is 5.32. The number of hydrogen-bond donors (Lipinski definition) is 6. The Balaban J connectivity index is 1.19. The number of Topliss-reactive ketones (excluding diaryl/α,β-unsaturated/α-hetero) is 1. The summed E-state index contributed by atoms with van der Waals surface area (Å²) in [5.74, 6) is -5.08. The molecule has 3 aromatic rings. The van der Waals surface area contributed by atoms with Crippen molar-refractivity contribution in [3.8, 4) is 11.5 Å². The smallest absolute Gasteiger partial charge is 0.302 e. The summed E-state index contributed by atoms with van der Waals surface area (Å²) < 4.78 is 19.5. The summed E-state index contributed by atoms with van der Waals surface area (Å²) in [5, 5.41) is 44.3. The van der Waals surface area contributed by atoms with Crippen LogP contribution in [0.5, 0.6) is 11.5 Å². The predicted molar refractivity (Wildman–Crippen MR) is 202 cm³/mol. The van der Waals surface area contributed by atoms with Crippen LogP contribution in [0.3, 0.4) is 0 Å². The molecule has 0 unspecified atom stereocenters. The molecule has 57 heavy (non-hydrogen) atoms. The number of nitrogens with two attached hydrogens (primary N) is 1. The number of phenols is 2. The first kappa shape index (κ1) is 41.0. The third-order valence-corrected chi connectivity index (χ3v) is 11.7. The number of nitrogen functional groups attached to an aromatic ring is 1. The number of quaternary nitrogens is 1. The third kappa shape index (κ3) is 9.15. The molecule has 3 atom stereocenters. The number of amides is 3. The minimum absolute atomic E-state index is 0.0444. The number of β-lactam (4-membered cyclic amide) rings is 1. The number of rotatable bonds is 17. The molecule has 1 aromatic carbocycles. The molecular formula is C34H41FN11O9S2+. The van der Waals surface area contributed by atoms with E-state index in [0.717, 1.165) is 55.0 Å². The van der Waals surface area contributed by atoms with Gasteiger partial charge in [-0.1, -0.05) is 12.1 Å². The lowest BCUT2D eigenvalue weighted by atomic mass is 10.0. The van der Waals surface area contributed by atoms with Gasteiger partial charge in [0.25, 0.3) is 17.7 Å². The van der Waals surface area contributed by atoms with Crippen molar-refractivity contribution in [2.75, 3.05) is 50.8 Å². The maximum atomic E-state index is 14.0. The highest BCUT2D eigenvalue weighted by atomic mass is 32.2. The zero-order valence-electron chi connectivity index (χ0n) is 30.9. The van der Waals surface area contributed by atoms with Gasteiger partial charge in [0, 0.05) is 48.5 Å². The number of aromatic hydroxyl groups is 2. The number of anilines is 1. The summed E-state index contributed by atoms with van der Waals surface area (Å²) in [6.07, 6.45) is 1.17. The normalized spacial score (nSPS) is 19.4. The number of esters is 1. The molecule has 304 valence electrons. The third-order valence-electron chi connectivity index (χ3n) is 9.65. The molecule has 3 aliphatic rings. The minimum Gasteiger partial charge on any atom is -0.504 e. The SMILES string of the molecule is CCCC(=O)[C@H](COC(C)=O)O/N=C(\C(=O)N[C@@H]1C(=O)N2C(c3nn[nH]n3)=C(C[N+]3(CCNC(=O)c4cc(O)c(O)c(F)c4)CCCC3)CS[C@H]12)c1csc(N)n1. The van der Waals surface area contributed by atoms with Gasteiger partial charge >= 0.3 is 5.97 Å². The molecule has 5 heterocycles. The predicted octanol–water partition coefficient (Wildman–Crippen LogP) is 0.662. The number of oxime groups is 1. The van der Waals surface area contributed by atoms with Gasteiger partial charge in [-0.25, -0.2) is 9.37 Å². The second-order valence-corrected chi connectivity index (χ2v) is 15.6. The number of likely N-dealkylation sites (tertiary alicyclic amines) is 1. The molecule has 0 bridgehead atoms. The molecule has 2 aromatic heterocycles. The van der Waals surface area contributed by atoms with E-state index in [0.29, 0.717) is 35.4 Å². The van der Waals surface area contributed by atoms with E-state index in [4.69, 9.17) is 15.3 Å². The molecule has 7 N–H and O–H groups in total. The van der Waals surface area contributed by atoms with E-state index < -0.39 is 70.9 Å². The van der Waals surface area contributed by atoms with Crippen molar-refractivity contribution in [1.29, 1.82) is 0 Å². The number of carbonyl (C=O) groups excluding carboxylic acids is 5. The first-order valence-electron chi connectivity index (χ1n) is 18.0. The molecule has 3 aliphatic heterocycles. The summed E-state index contributed by atoms with van der Waals surface area (Å²) >= 11 is 2.47. The number of nitrogens with one attached hydrogen (secondary N) is 3. The fourth-order valence-electron chi connectivity index (χ4n) is 6.88. The largest absolute Gasteiger partial charge is 0.504 e. The van der Waals surface area contributed by atoms with Crippen molar-refractivity contribution in [1.82, 2.24) is 41.1 Å². The number of aromatic nitrogens is 5. The van der Waals surface area contributed by atoms with E-state index in [1.165, 1.54) is 29.0 Å². The number of ketones is 1. The lowest BCUT2D eigenvalue weighted by Crippen LogP contribution is -2.70. The quantitative estimate of drug-likeness (QED) is 0.0272. The number of ether oxygens (including phenoxy) is 1. The number of benzene rings is 1. The average Bonchev–Trinajstić information content (AvgIpc) is 3.97. The van der Waals surface area contributed by atoms with Crippen LogP contribution >= 0.6 is 23.1 Å². The van der Waals surface area contributed by atoms with Crippen LogP contribution in [0.1, 0.15) is 61.4 Å². The average molecular weight is 831 g/mol. The van der Waals surface area contributed by atoms with Gasteiger partial charge in [-0.3, -0.25) is 28.9 Å². The molecule has 3 amide bonds. The van der Waals surface area contributed by atoms with Crippen LogP contribution in [0.15, 0.2) is 28.2 Å². The number of aromatic amines is 1. The molecule has 6 rings (SSSR count). The van der Waals surface area contributed by atoms with Crippen molar-refractivity contribution >= 4 is 69.1 Å². The van der Waals surface area contributed by atoms with Crippen LogP contribution in [-0.4, -0.2) is 143 Å². The van der Waals surface area contributed by atoms with E-state index in [1.54, 1.807) is 6.92 Å². The van der Waals surface area contributed by atoms with Crippen LogP contribution in [0, 0.1) is 5.82 Å². The van der Waals surface area contributed by atoms with Crippen molar-refractivity contribution in [3.63, 3.8) is 0 Å². The summed E-state index contributed by atoms with van der Waals surface area (Å²) in [7, 11) is 0. The molecule has 0 radical (unpaired) electrons. The first-order valence-corrected chi connectivity index (χ1v) is 19.9. The molecule has 20 nitrogen and oxygen atoms in total. The zero-order valence-corrected chi connectivity index (χ0v) is 32.5. The van der Waals surface area contributed by atoms with Crippen molar-refractivity contribution in [2.24, 2.45) is 5.16 Å². The maximum Gasteiger partial charge on any atom is 0.302 e. The van der Waals surface area contributed by atoms with Crippen molar-refractivity contribution in [3.05, 3.63) is 46.0 Å². The Labute approximate surface area is 332 Å². The van der Waals surface area contributed by atoms with Gasteiger partial charge < -0.3 is 40.6 Å². The van der Waals surface area contributed by atoms with Gasteiger partial charge in [0.15, 0.2) is 33.9 Å². The first-order chi connectivity index (χ1) is 27.3. The number of hydrogen-bond acceptors (Lipinski definition) is 17. The zero-order chi connectivity index (χ0) is 40.9. The van der Waals surface area contributed by atoms with Crippen LogP contribution in [-0.2, 0) is 28.8 Å². The Kier molecular flexibility index (Phi) is 12.7. The van der Waals surface area contributed by atoms with Crippen LogP contribution in [0.4, 0.5) is 9.52 Å². The topological polar surface area (TPSA) is 277 Å². The Bertz CT molecular complexity index is 2070. The van der Waals surface area contributed by atoms with E-state index in [2.05, 4.69) is 41.4 Å². The van der Waals surface area contributed by atoms with Gasteiger partial charge in [-0.05, 0) is 23.8 Å². The minimum atomic E-state index is -1.29. The standard InChI is InChI=1S/C34H40FN11O9S2/c1-3-6-22(48)24(14-54-17(2)47)55-42-25(21-16-57-34(36)38-21)31(52)39-26-32(53)45-27(29-40-43-44-41-29)19(15-56-33(26)45)13-46(8-4-5-9-46)10-7-37-30(51)18-11-20(35)28(50)23(49)12-18/h11-12,16,24,26,33H,3-10,13-15H2,1-2H3,(H6-,36,37,38,39,40,41,42,43,44,49,50,51,52)/p+1/t24-,26+,33+/m0/s1. The number of thiazole rings is 1. The number of fused-ring (bicyclic) bond motifs is 1. The number of tetrazole rings is 1. The van der Waals surface area contributed by atoms with Gasteiger partial charge in [-0.2, -0.15) is 5.21 Å². The Morgan fingerprint density at radius 1 is 1.23 bits per heavy atom. The highest BCUT2D eigenvalue weighted by molar-refractivity contribution is 8.00. The monoisotopic (exact) mass is 830 g/mol. The van der Waals surface area contributed by atoms with Crippen molar-refractivity contribution in [2.45, 2.75) is 57.1 Å². The summed E-state index contributed by atoms with van der Waals surface area (Å²) in [4.78, 5) is 75.9. The highest BCUT2D eigenvalue weighted by Gasteiger charge is 2.55. The van der Waals surface area contributed by atoms with E-state index >= 15 is 0 Å². The molecule has 2 fully saturated rings. The molecule has 0 saturated carbocycles. The second-order valence-electron chi connectivity index (χ2n) is 13.6. The number of halogens is 1. The Morgan fingerprint density at radius 3 is 2.65 bits per heavy atom. The molecule has 0 spiro atoms. The van der Waals surface area contributed by atoms with Gasteiger partial charge in [0.2, 0.25) is 11.9 Å². The fourth-order valence-corrected chi connectivity index (χ4v) is 8.77. The Morgan fingerprint density at radius 2 is 2.00 bits per heavy atom. The number of nitrogens with zero attached hydrogens (tertiary/aromatic N) is 7. The van der Waals surface area contributed by atoms with Gasteiger partial charge in [0.1, 0.15) is 30.3 Å². The lowest BCUT2D eigenvalue weighted by Gasteiger charge is -2.50. The number of thioether (sulfide) groups is 1. The molecular weight excluding hydrogens is 790 g/mol. The maximum absolute atomic E-state index is 14.0. The molecule has 0 aliphatic carbocycles. The second kappa shape index (κ2) is 17.6. The summed E-state index contributed by atoms with van der Waals surface area (Å²) in [6, 6.07) is 0.820. The number of carbonyl (C=O) groups is 5. The fraction of sp³-hybridized carbons (Fsp3) is 0.471. The molecule has 23 heteroatoms. The van der Waals surface area contributed by atoms with Gasteiger partial charge in [-0.15, -0.1) is 33.3 Å². The van der Waals surface area contributed by atoms with E-state index in [9.17, 15) is 38.6 Å². The van der Waals surface area contributed by atoms with Crippen LogP contribution in [0.2, 0.25) is 0 Å². The van der Waals surface area contributed by atoms with Crippen LogP contribution < -0.4 is 16.4 Å². The van der Waals surface area contributed by atoms with E-state index in [-0.39, 0.29) is 40.9 Å². The Hall–Kier alpha value is -5.68.